The molecule has 0 aliphatic carbocycles. The van der Waals surface area contributed by atoms with Crippen molar-refractivity contribution in [1.82, 2.24) is 25.2 Å². The molecule has 1 amide bonds. The van der Waals surface area contributed by atoms with Crippen LogP contribution in [0, 0.1) is 0 Å². The highest BCUT2D eigenvalue weighted by atomic mass is 16.5. The van der Waals surface area contributed by atoms with Gasteiger partial charge in [-0.15, -0.1) is 0 Å². The Morgan fingerprint density at radius 2 is 1.93 bits per heavy atom. The Kier molecular flexibility index (Phi) is 4.55. The van der Waals surface area contributed by atoms with E-state index in [1.165, 1.54) is 0 Å². The van der Waals surface area contributed by atoms with E-state index in [1.807, 2.05) is 48.5 Å². The maximum absolute atomic E-state index is 12.7. The maximum Gasteiger partial charge on any atom is 0.275 e. The number of hydrogen-bond donors (Lipinski definition) is 1. The molecule has 9 heteroatoms. The van der Waals surface area contributed by atoms with Gasteiger partial charge in [0.15, 0.2) is 18.1 Å². The van der Waals surface area contributed by atoms with Crippen LogP contribution in [0.4, 0.5) is 0 Å². The Morgan fingerprint density at radius 1 is 1.17 bits per heavy atom. The Labute approximate surface area is 171 Å². The standard InChI is InChI=1S/C21H19N5O4/c1-28-14-6-8-15(9-7-14)29-12-18-22-20(25-30-18)13-10-26(11-13)21(27)19-16-4-2-3-5-17(16)23-24-19/h2-9,13H,10-12H2,1H3,(H,23,24). The van der Waals surface area contributed by atoms with Crippen molar-refractivity contribution in [3.63, 3.8) is 0 Å². The molecular weight excluding hydrogens is 386 g/mol. The number of aromatic amines is 1. The number of nitrogens with zero attached hydrogens (tertiary/aromatic N) is 4. The zero-order valence-corrected chi connectivity index (χ0v) is 16.2. The maximum atomic E-state index is 12.7. The minimum Gasteiger partial charge on any atom is -0.497 e. The lowest BCUT2D eigenvalue weighted by Crippen LogP contribution is -2.49. The van der Waals surface area contributed by atoms with E-state index in [0.717, 1.165) is 16.7 Å². The highest BCUT2D eigenvalue weighted by Crippen LogP contribution is 2.28. The molecule has 3 heterocycles. The predicted octanol–water partition coefficient (Wildman–Crippen LogP) is 2.77. The van der Waals surface area contributed by atoms with E-state index in [9.17, 15) is 4.79 Å². The number of methoxy groups -OCH3 is 1. The van der Waals surface area contributed by atoms with Gasteiger partial charge >= 0.3 is 0 Å². The molecule has 9 nitrogen and oxygen atoms in total. The van der Waals surface area contributed by atoms with E-state index in [1.54, 1.807) is 12.0 Å². The fourth-order valence-electron chi connectivity index (χ4n) is 3.39. The molecular formula is C21H19N5O4. The zero-order chi connectivity index (χ0) is 20.5. The highest BCUT2D eigenvalue weighted by molar-refractivity contribution is 6.04. The van der Waals surface area contributed by atoms with Gasteiger partial charge in [0, 0.05) is 18.5 Å². The van der Waals surface area contributed by atoms with Gasteiger partial charge in [-0.2, -0.15) is 10.1 Å². The largest absolute Gasteiger partial charge is 0.497 e. The molecule has 1 aliphatic rings. The summed E-state index contributed by atoms with van der Waals surface area (Å²) in [7, 11) is 1.61. The summed E-state index contributed by atoms with van der Waals surface area (Å²) >= 11 is 0. The number of para-hydroxylation sites is 1. The fraction of sp³-hybridized carbons (Fsp3) is 0.238. The number of carbonyl (C=O) groups is 1. The summed E-state index contributed by atoms with van der Waals surface area (Å²) in [6, 6.07) is 14.8. The summed E-state index contributed by atoms with van der Waals surface area (Å²) in [5.41, 5.74) is 1.28. The second-order valence-electron chi connectivity index (χ2n) is 7.04. The Morgan fingerprint density at radius 3 is 2.73 bits per heavy atom. The van der Waals surface area contributed by atoms with Gasteiger partial charge in [-0.25, -0.2) is 0 Å². The molecule has 5 rings (SSSR count). The number of fused-ring (bicyclic) bond motifs is 1. The van der Waals surface area contributed by atoms with Crippen LogP contribution < -0.4 is 9.47 Å². The zero-order valence-electron chi connectivity index (χ0n) is 16.2. The summed E-state index contributed by atoms with van der Waals surface area (Å²) < 4.78 is 16.1. The first kappa shape index (κ1) is 18.2. The van der Waals surface area contributed by atoms with E-state index < -0.39 is 0 Å². The number of benzene rings is 2. The van der Waals surface area contributed by atoms with E-state index in [4.69, 9.17) is 14.0 Å². The average molecular weight is 405 g/mol. The van der Waals surface area contributed by atoms with Crippen molar-refractivity contribution in [1.29, 1.82) is 0 Å². The van der Waals surface area contributed by atoms with Crippen molar-refractivity contribution in [3.8, 4) is 11.5 Å². The molecule has 0 atom stereocenters. The molecule has 0 saturated carbocycles. The van der Waals surface area contributed by atoms with Crippen molar-refractivity contribution in [2.45, 2.75) is 12.5 Å². The second kappa shape index (κ2) is 7.51. The van der Waals surface area contributed by atoms with Crippen LogP contribution >= 0.6 is 0 Å². The Bertz CT molecular complexity index is 1180. The molecule has 2 aromatic heterocycles. The third-order valence-electron chi connectivity index (χ3n) is 5.11. The van der Waals surface area contributed by atoms with Crippen molar-refractivity contribution in [3.05, 3.63) is 65.9 Å². The van der Waals surface area contributed by atoms with Crippen molar-refractivity contribution >= 4 is 16.8 Å². The van der Waals surface area contributed by atoms with Gasteiger partial charge in [0.25, 0.3) is 11.8 Å². The molecule has 1 N–H and O–H groups in total. The monoisotopic (exact) mass is 405 g/mol. The van der Waals surface area contributed by atoms with E-state index >= 15 is 0 Å². The van der Waals surface area contributed by atoms with Crippen LogP contribution in [-0.2, 0) is 6.61 Å². The molecule has 0 bridgehead atoms. The van der Waals surface area contributed by atoms with Gasteiger partial charge in [-0.1, -0.05) is 23.4 Å². The number of H-pyrrole nitrogens is 1. The van der Waals surface area contributed by atoms with Gasteiger partial charge in [-0.3, -0.25) is 9.89 Å². The number of carbonyl (C=O) groups excluding carboxylic acids is 1. The third-order valence-corrected chi connectivity index (χ3v) is 5.11. The molecule has 30 heavy (non-hydrogen) atoms. The minimum absolute atomic E-state index is 0.0395. The summed E-state index contributed by atoms with van der Waals surface area (Å²) in [6.45, 7) is 1.23. The third kappa shape index (κ3) is 3.34. The SMILES string of the molecule is COc1ccc(OCc2nc(C3CN(C(=O)c4n[nH]c5ccccc45)C3)no2)cc1. The lowest BCUT2D eigenvalue weighted by molar-refractivity contribution is 0.0588. The average Bonchev–Trinajstić information content (AvgIpc) is 3.39. The quantitative estimate of drug-likeness (QED) is 0.526. The molecule has 1 aliphatic heterocycles. The predicted molar refractivity (Wildman–Crippen MR) is 106 cm³/mol. The number of nitrogens with one attached hydrogen (secondary N) is 1. The van der Waals surface area contributed by atoms with Crippen LogP contribution in [-0.4, -0.2) is 51.3 Å². The topological polar surface area (TPSA) is 106 Å². The number of ether oxygens (including phenoxy) is 2. The number of hydrogen-bond acceptors (Lipinski definition) is 7. The van der Waals surface area contributed by atoms with Crippen LogP contribution in [0.1, 0.15) is 28.1 Å². The van der Waals surface area contributed by atoms with Crippen molar-refractivity contribution in [2.24, 2.45) is 0 Å². The fourth-order valence-corrected chi connectivity index (χ4v) is 3.39. The minimum atomic E-state index is -0.102. The van der Waals surface area contributed by atoms with E-state index in [2.05, 4.69) is 20.3 Å². The van der Waals surface area contributed by atoms with Gasteiger partial charge in [-0.05, 0) is 30.3 Å². The molecule has 0 unspecified atom stereocenters. The Hall–Kier alpha value is -3.88. The van der Waals surface area contributed by atoms with Gasteiger partial charge in [0.05, 0.1) is 18.5 Å². The molecule has 1 fully saturated rings. The Balaban J connectivity index is 1.17. The first-order chi connectivity index (χ1) is 14.7. The number of aromatic nitrogens is 4. The van der Waals surface area contributed by atoms with Crippen LogP contribution in [0.25, 0.3) is 10.9 Å². The lowest BCUT2D eigenvalue weighted by atomic mass is 9.98. The normalized spacial score (nSPS) is 14.0. The molecule has 4 aromatic rings. The van der Waals surface area contributed by atoms with E-state index in [0.29, 0.717) is 36.2 Å². The molecule has 0 spiro atoms. The van der Waals surface area contributed by atoms with Crippen LogP contribution in [0.15, 0.2) is 53.1 Å². The van der Waals surface area contributed by atoms with Crippen LogP contribution in [0.5, 0.6) is 11.5 Å². The van der Waals surface area contributed by atoms with Gasteiger partial charge < -0.3 is 18.9 Å². The number of likely N-dealkylation sites (tertiary alicyclic amines) is 1. The summed E-state index contributed by atoms with van der Waals surface area (Å²) in [5.74, 6) is 2.35. The highest BCUT2D eigenvalue weighted by Gasteiger charge is 2.36. The van der Waals surface area contributed by atoms with Crippen LogP contribution in [0.3, 0.4) is 0 Å². The van der Waals surface area contributed by atoms with Crippen molar-refractivity contribution < 1.29 is 18.8 Å². The first-order valence-electron chi connectivity index (χ1n) is 9.53. The molecule has 2 aromatic carbocycles. The second-order valence-corrected chi connectivity index (χ2v) is 7.04. The summed E-state index contributed by atoms with van der Waals surface area (Å²) in [6.07, 6.45) is 0. The number of rotatable bonds is 6. The molecule has 0 radical (unpaired) electrons. The first-order valence-corrected chi connectivity index (χ1v) is 9.53. The summed E-state index contributed by atoms with van der Waals surface area (Å²) in [5, 5.41) is 11.9. The summed E-state index contributed by atoms with van der Waals surface area (Å²) in [4.78, 5) is 18.9. The number of amides is 1. The lowest BCUT2D eigenvalue weighted by Gasteiger charge is -2.36. The van der Waals surface area contributed by atoms with Crippen molar-refractivity contribution in [2.75, 3.05) is 20.2 Å². The smallest absolute Gasteiger partial charge is 0.275 e. The molecule has 1 saturated heterocycles. The molecule has 152 valence electrons. The van der Waals surface area contributed by atoms with Crippen LogP contribution in [0.2, 0.25) is 0 Å². The van der Waals surface area contributed by atoms with Gasteiger partial charge in [0.2, 0.25) is 0 Å². The van der Waals surface area contributed by atoms with Gasteiger partial charge in [0.1, 0.15) is 11.5 Å². The van der Waals surface area contributed by atoms with E-state index in [-0.39, 0.29) is 18.4 Å².